The average molecular weight is 607 g/mol. The van der Waals surface area contributed by atoms with E-state index in [1.807, 2.05) is 53.8 Å². The Hall–Kier alpha value is -3.83. The fourth-order valence-electron chi connectivity index (χ4n) is 5.08. The number of amidine groups is 1. The Morgan fingerprint density at radius 1 is 1.12 bits per heavy atom. The van der Waals surface area contributed by atoms with E-state index in [0.29, 0.717) is 25.2 Å². The Balaban J connectivity index is 0.00000294. The predicted octanol–water partition coefficient (Wildman–Crippen LogP) is 3.13. The number of rotatable bonds is 10. The van der Waals surface area contributed by atoms with Gasteiger partial charge in [0.1, 0.15) is 18.1 Å². The second-order valence-corrected chi connectivity index (χ2v) is 10.3. The van der Waals surface area contributed by atoms with Gasteiger partial charge in [0, 0.05) is 45.0 Å². The molecule has 0 saturated carbocycles. The van der Waals surface area contributed by atoms with Crippen molar-refractivity contribution >= 4 is 65.2 Å². The summed E-state index contributed by atoms with van der Waals surface area (Å²) in [5.74, 6) is -1.03. The highest BCUT2D eigenvalue weighted by molar-refractivity contribution is 5.95. The molecule has 0 aliphatic carbocycles. The van der Waals surface area contributed by atoms with Crippen molar-refractivity contribution in [2.75, 3.05) is 32.0 Å². The van der Waals surface area contributed by atoms with Gasteiger partial charge in [-0.1, -0.05) is 6.07 Å². The number of nitrogens with one attached hydrogen (secondary N) is 2. The summed E-state index contributed by atoms with van der Waals surface area (Å²) in [6, 6.07) is 13.0. The van der Waals surface area contributed by atoms with Crippen LogP contribution in [-0.4, -0.2) is 74.8 Å². The van der Waals surface area contributed by atoms with Crippen LogP contribution in [-0.2, 0) is 33.4 Å². The molecule has 1 unspecified atom stereocenters. The summed E-state index contributed by atoms with van der Waals surface area (Å²) in [5.41, 5.74) is 8.31. The predicted molar refractivity (Wildman–Crippen MR) is 163 cm³/mol. The molecular formula is C28H37Cl2N7O4. The van der Waals surface area contributed by atoms with Gasteiger partial charge in [-0.2, -0.15) is 0 Å². The van der Waals surface area contributed by atoms with E-state index in [1.54, 1.807) is 12.1 Å². The first-order valence-corrected chi connectivity index (χ1v) is 12.9. The van der Waals surface area contributed by atoms with Gasteiger partial charge in [-0.25, -0.2) is 4.98 Å². The molecule has 0 radical (unpaired) electrons. The minimum Gasteiger partial charge on any atom is -0.481 e. The summed E-state index contributed by atoms with van der Waals surface area (Å²) >= 11 is 0. The van der Waals surface area contributed by atoms with Crippen molar-refractivity contribution in [3.05, 3.63) is 59.4 Å². The van der Waals surface area contributed by atoms with E-state index in [0.717, 1.165) is 41.0 Å². The van der Waals surface area contributed by atoms with Gasteiger partial charge in [-0.3, -0.25) is 19.8 Å². The molecule has 1 saturated heterocycles. The number of imidazole rings is 1. The van der Waals surface area contributed by atoms with Crippen LogP contribution in [0.4, 0.5) is 5.69 Å². The van der Waals surface area contributed by atoms with E-state index < -0.39 is 23.7 Å². The molecule has 0 bridgehead atoms. The monoisotopic (exact) mass is 605 g/mol. The lowest BCUT2D eigenvalue weighted by molar-refractivity contribution is -0.144. The molecule has 1 aliphatic rings. The quantitative estimate of drug-likeness (QED) is 0.157. The molecule has 2 amide bonds. The van der Waals surface area contributed by atoms with E-state index in [1.165, 1.54) is 11.9 Å². The highest BCUT2D eigenvalue weighted by atomic mass is 35.5. The van der Waals surface area contributed by atoms with Crippen LogP contribution in [0.2, 0.25) is 0 Å². The van der Waals surface area contributed by atoms with Crippen molar-refractivity contribution in [3.8, 4) is 0 Å². The molecule has 1 aromatic heterocycles. The largest absolute Gasteiger partial charge is 0.481 e. The Bertz CT molecular complexity index is 1420. The van der Waals surface area contributed by atoms with E-state index in [2.05, 4.69) is 5.32 Å². The Kier molecular flexibility index (Phi) is 11.1. The summed E-state index contributed by atoms with van der Waals surface area (Å²) < 4.78 is 1.98. The Labute approximate surface area is 251 Å². The molecule has 5 N–H and O–H groups in total. The number of nitrogens with zero attached hydrogens (tertiary/aromatic N) is 4. The standard InChI is InChI=1S/C28H35N7O4.2ClH/c1-28(27(39)35-12-4-5-13-35,17-33(2)24(36)15-25(37)38)19-8-11-22-21(14-19)32-23(34(22)3)16-31-20-9-6-18(7-10-20)26(29)30;;/h6-11,14,31H,4-5,12-13,15-17H2,1-3H3,(H3,29,30)(H,37,38);2*1H. The first kappa shape index (κ1) is 33.4. The zero-order valence-corrected chi connectivity index (χ0v) is 25.0. The number of amides is 2. The maximum Gasteiger partial charge on any atom is 0.312 e. The first-order valence-electron chi connectivity index (χ1n) is 12.9. The van der Waals surface area contributed by atoms with Gasteiger partial charge in [0.2, 0.25) is 11.8 Å². The Morgan fingerprint density at radius 2 is 1.76 bits per heavy atom. The van der Waals surface area contributed by atoms with Crippen LogP contribution in [0.25, 0.3) is 11.0 Å². The number of likely N-dealkylation sites (tertiary alicyclic amines) is 1. The van der Waals surface area contributed by atoms with Crippen LogP contribution in [0.5, 0.6) is 0 Å². The molecular weight excluding hydrogens is 569 g/mol. The van der Waals surface area contributed by atoms with Crippen LogP contribution >= 0.6 is 24.8 Å². The number of carbonyl (C=O) groups is 3. The summed E-state index contributed by atoms with van der Waals surface area (Å²) in [4.78, 5) is 45.4. The van der Waals surface area contributed by atoms with E-state index in [-0.39, 0.29) is 43.1 Å². The summed E-state index contributed by atoms with van der Waals surface area (Å²) in [5, 5.41) is 19.9. The second kappa shape index (κ2) is 13.7. The molecule has 222 valence electrons. The number of aryl methyl sites for hydroxylation is 1. The van der Waals surface area contributed by atoms with E-state index in [4.69, 9.17) is 21.2 Å². The van der Waals surface area contributed by atoms with Crippen LogP contribution in [0.15, 0.2) is 42.5 Å². The van der Waals surface area contributed by atoms with Gasteiger partial charge in [-0.05, 0) is 61.7 Å². The van der Waals surface area contributed by atoms with Crippen molar-refractivity contribution in [3.63, 3.8) is 0 Å². The molecule has 1 atom stereocenters. The molecule has 2 aromatic carbocycles. The number of benzene rings is 2. The number of carboxylic acid groups (broad SMARTS) is 1. The third-order valence-corrected chi connectivity index (χ3v) is 7.40. The minimum absolute atomic E-state index is 0. The lowest BCUT2D eigenvalue weighted by Gasteiger charge is -2.36. The third kappa shape index (κ3) is 7.28. The molecule has 11 nitrogen and oxygen atoms in total. The average Bonchev–Trinajstić information content (AvgIpc) is 3.55. The number of fused-ring (bicyclic) bond motifs is 1. The SMILES string of the molecule is CN(CC(C)(C(=O)N1CCCC1)c1ccc2c(c1)nc(CNc1ccc(C(=N)N)cc1)n2C)C(=O)CC(=O)O.Cl.Cl. The van der Waals surface area contributed by atoms with Gasteiger partial charge >= 0.3 is 5.97 Å². The van der Waals surface area contributed by atoms with Gasteiger partial charge < -0.3 is 30.5 Å². The molecule has 4 rings (SSSR count). The summed E-state index contributed by atoms with van der Waals surface area (Å²) in [6.07, 6.45) is 1.24. The van der Waals surface area contributed by atoms with Crippen LogP contribution in [0, 0.1) is 5.41 Å². The van der Waals surface area contributed by atoms with Crippen molar-refractivity contribution in [1.29, 1.82) is 5.41 Å². The van der Waals surface area contributed by atoms with Crippen LogP contribution in [0.1, 0.15) is 43.1 Å². The van der Waals surface area contributed by atoms with Gasteiger partial charge in [-0.15, -0.1) is 24.8 Å². The number of likely N-dealkylation sites (N-methyl/N-ethyl adjacent to an activating group) is 1. The third-order valence-electron chi connectivity index (χ3n) is 7.40. The molecule has 13 heteroatoms. The highest BCUT2D eigenvalue weighted by Crippen LogP contribution is 2.32. The maximum absolute atomic E-state index is 13.8. The van der Waals surface area contributed by atoms with Crippen molar-refractivity contribution < 1.29 is 19.5 Å². The fraction of sp³-hybridized carbons (Fsp3) is 0.393. The Morgan fingerprint density at radius 3 is 2.34 bits per heavy atom. The summed E-state index contributed by atoms with van der Waals surface area (Å²) in [7, 11) is 3.46. The minimum atomic E-state index is -1.20. The number of hydrogen-bond donors (Lipinski definition) is 4. The molecule has 41 heavy (non-hydrogen) atoms. The van der Waals surface area contributed by atoms with E-state index in [9.17, 15) is 14.4 Å². The molecule has 0 spiro atoms. The van der Waals surface area contributed by atoms with Gasteiger partial charge in [0.25, 0.3) is 0 Å². The van der Waals surface area contributed by atoms with Crippen molar-refractivity contribution in [1.82, 2.24) is 19.4 Å². The lowest BCUT2D eigenvalue weighted by atomic mass is 9.80. The second-order valence-electron chi connectivity index (χ2n) is 10.3. The van der Waals surface area contributed by atoms with Crippen LogP contribution in [0.3, 0.4) is 0 Å². The smallest absolute Gasteiger partial charge is 0.312 e. The fourth-order valence-corrected chi connectivity index (χ4v) is 5.08. The molecule has 2 heterocycles. The van der Waals surface area contributed by atoms with Crippen LogP contribution < -0.4 is 11.1 Å². The number of nitrogens with two attached hydrogens (primary N) is 1. The maximum atomic E-state index is 13.8. The zero-order chi connectivity index (χ0) is 28.3. The number of anilines is 1. The lowest BCUT2D eigenvalue weighted by Crippen LogP contribution is -2.51. The number of halogens is 2. The van der Waals surface area contributed by atoms with Gasteiger partial charge in [0.05, 0.1) is 23.0 Å². The highest BCUT2D eigenvalue weighted by Gasteiger charge is 2.41. The number of aliphatic carboxylic acids is 1. The van der Waals surface area contributed by atoms with Crippen molar-refractivity contribution in [2.24, 2.45) is 12.8 Å². The number of nitrogen functional groups attached to an aromatic ring is 1. The van der Waals surface area contributed by atoms with E-state index >= 15 is 0 Å². The summed E-state index contributed by atoms with van der Waals surface area (Å²) in [6.45, 7) is 3.65. The van der Waals surface area contributed by atoms with Gasteiger partial charge in [0.15, 0.2) is 0 Å². The number of aromatic nitrogens is 2. The zero-order valence-electron chi connectivity index (χ0n) is 23.3. The molecule has 1 aliphatic heterocycles. The first-order chi connectivity index (χ1) is 18.5. The normalized spacial score (nSPS) is 14.0. The number of carbonyl (C=O) groups excluding carboxylic acids is 2. The number of hydrogen-bond acceptors (Lipinski definition) is 6. The number of carboxylic acids is 1. The topological polar surface area (TPSA) is 158 Å². The molecule has 1 fully saturated rings. The van der Waals surface area contributed by atoms with Crippen molar-refractivity contribution in [2.45, 2.75) is 38.1 Å². The molecule has 3 aromatic rings.